The first-order chi connectivity index (χ1) is 9.70. The van der Waals surface area contributed by atoms with Gasteiger partial charge in [0.15, 0.2) is 0 Å². The van der Waals surface area contributed by atoms with Crippen LogP contribution in [0.25, 0.3) is 0 Å². The van der Waals surface area contributed by atoms with E-state index in [9.17, 15) is 9.90 Å². The molecule has 0 saturated carbocycles. The van der Waals surface area contributed by atoms with E-state index in [1.54, 1.807) is 0 Å². The molecule has 1 N–H and O–H groups in total. The zero-order valence-corrected chi connectivity index (χ0v) is 11.8. The van der Waals surface area contributed by atoms with Gasteiger partial charge in [0.25, 0.3) is 5.91 Å². The Kier molecular flexibility index (Phi) is 3.66. The molecule has 0 aromatic heterocycles. The highest BCUT2D eigenvalue weighted by Crippen LogP contribution is 2.28. The van der Waals surface area contributed by atoms with Gasteiger partial charge in [-0.25, -0.2) is 0 Å². The average molecular weight is 275 g/mol. The summed E-state index contributed by atoms with van der Waals surface area (Å²) in [6.07, 6.45) is 2.96. The number of carbonyl (C=O) groups is 1. The Bertz CT molecular complexity index is 514. The molecule has 1 aromatic rings. The molecule has 1 saturated heterocycles. The van der Waals surface area contributed by atoms with Crippen molar-refractivity contribution < 1.29 is 14.6 Å². The molecule has 1 amide bonds. The van der Waals surface area contributed by atoms with Gasteiger partial charge in [-0.2, -0.15) is 0 Å². The number of piperidine rings is 1. The van der Waals surface area contributed by atoms with Gasteiger partial charge in [0, 0.05) is 18.5 Å². The highest BCUT2D eigenvalue weighted by molar-refractivity contribution is 5.95. The molecule has 1 fully saturated rings. The number of aliphatic hydroxyl groups excluding tert-OH is 1. The van der Waals surface area contributed by atoms with Crippen LogP contribution in [-0.2, 0) is 6.42 Å². The maximum absolute atomic E-state index is 12.7. The molecule has 4 heteroatoms. The normalized spacial score (nSPS) is 25.2. The van der Waals surface area contributed by atoms with Gasteiger partial charge < -0.3 is 14.7 Å². The minimum atomic E-state index is -0.0549. The minimum Gasteiger partial charge on any atom is -0.493 e. The van der Waals surface area contributed by atoms with Gasteiger partial charge in [-0.05, 0) is 42.5 Å². The van der Waals surface area contributed by atoms with Gasteiger partial charge in [0.05, 0.1) is 19.3 Å². The molecule has 2 unspecified atom stereocenters. The number of benzene rings is 1. The second-order valence-corrected chi connectivity index (χ2v) is 5.79. The number of amides is 1. The van der Waals surface area contributed by atoms with Crippen molar-refractivity contribution in [2.75, 3.05) is 19.8 Å². The fourth-order valence-corrected chi connectivity index (χ4v) is 3.27. The fraction of sp³-hybridized carbons (Fsp3) is 0.562. The lowest BCUT2D eigenvalue weighted by Gasteiger charge is -2.39. The summed E-state index contributed by atoms with van der Waals surface area (Å²) in [5, 5.41) is 9.57. The van der Waals surface area contributed by atoms with E-state index >= 15 is 0 Å². The lowest BCUT2D eigenvalue weighted by Crippen LogP contribution is -2.49. The Morgan fingerprint density at radius 1 is 1.50 bits per heavy atom. The first-order valence-corrected chi connectivity index (χ1v) is 7.38. The van der Waals surface area contributed by atoms with E-state index < -0.39 is 0 Å². The number of fused-ring (bicyclic) bond motifs is 1. The molecule has 0 radical (unpaired) electrons. The third kappa shape index (κ3) is 2.29. The van der Waals surface area contributed by atoms with E-state index in [1.165, 1.54) is 0 Å². The third-order valence-electron chi connectivity index (χ3n) is 4.50. The highest BCUT2D eigenvalue weighted by Gasteiger charge is 2.32. The van der Waals surface area contributed by atoms with Crippen molar-refractivity contribution in [3.63, 3.8) is 0 Å². The van der Waals surface area contributed by atoms with Crippen LogP contribution in [0.1, 0.15) is 35.7 Å². The zero-order valence-electron chi connectivity index (χ0n) is 11.8. The molecule has 4 nitrogen and oxygen atoms in total. The standard InChI is InChI=1S/C16H21NO3/c1-11-3-2-7-17(14(11)10-18)16(19)13-4-5-15-12(9-13)6-8-20-15/h4-5,9,11,14,18H,2-3,6-8,10H2,1H3. The second-order valence-electron chi connectivity index (χ2n) is 5.79. The van der Waals surface area contributed by atoms with Crippen molar-refractivity contribution in [1.82, 2.24) is 4.90 Å². The van der Waals surface area contributed by atoms with Gasteiger partial charge in [-0.1, -0.05) is 6.92 Å². The molecule has 2 aliphatic rings. The predicted molar refractivity (Wildman–Crippen MR) is 75.9 cm³/mol. The quantitative estimate of drug-likeness (QED) is 0.896. The Balaban J connectivity index is 1.84. The zero-order chi connectivity index (χ0) is 14.1. The monoisotopic (exact) mass is 275 g/mol. The van der Waals surface area contributed by atoms with Crippen molar-refractivity contribution >= 4 is 5.91 Å². The molecule has 108 valence electrons. The molecule has 2 heterocycles. The van der Waals surface area contributed by atoms with Crippen LogP contribution in [0.3, 0.4) is 0 Å². The number of hydrogen-bond donors (Lipinski definition) is 1. The lowest BCUT2D eigenvalue weighted by molar-refractivity contribution is 0.0358. The molecule has 0 bridgehead atoms. The topological polar surface area (TPSA) is 49.8 Å². The van der Waals surface area contributed by atoms with Crippen LogP contribution in [0.2, 0.25) is 0 Å². The fourth-order valence-electron chi connectivity index (χ4n) is 3.27. The van der Waals surface area contributed by atoms with Gasteiger partial charge in [0.2, 0.25) is 0 Å². The number of rotatable bonds is 2. The van der Waals surface area contributed by atoms with Crippen LogP contribution in [0, 0.1) is 5.92 Å². The molecular weight excluding hydrogens is 254 g/mol. The summed E-state index contributed by atoms with van der Waals surface area (Å²) in [6, 6.07) is 5.61. The Labute approximate surface area is 119 Å². The van der Waals surface area contributed by atoms with Gasteiger partial charge in [-0.15, -0.1) is 0 Å². The highest BCUT2D eigenvalue weighted by atomic mass is 16.5. The number of hydrogen-bond acceptors (Lipinski definition) is 3. The third-order valence-corrected chi connectivity index (χ3v) is 4.50. The van der Waals surface area contributed by atoms with Gasteiger partial charge in [-0.3, -0.25) is 4.79 Å². The number of nitrogens with zero attached hydrogens (tertiary/aromatic N) is 1. The molecule has 3 rings (SSSR count). The lowest BCUT2D eigenvalue weighted by atomic mass is 9.90. The van der Waals surface area contributed by atoms with Crippen molar-refractivity contribution in [1.29, 1.82) is 0 Å². The first-order valence-electron chi connectivity index (χ1n) is 7.38. The Morgan fingerprint density at radius 2 is 2.35 bits per heavy atom. The largest absolute Gasteiger partial charge is 0.493 e. The van der Waals surface area contributed by atoms with E-state index in [0.717, 1.165) is 37.1 Å². The summed E-state index contributed by atoms with van der Waals surface area (Å²) in [5.74, 6) is 1.29. The van der Waals surface area contributed by atoms with Gasteiger partial charge in [0.1, 0.15) is 5.75 Å². The number of carbonyl (C=O) groups excluding carboxylic acids is 1. The maximum Gasteiger partial charge on any atom is 0.254 e. The molecule has 0 aliphatic carbocycles. The molecule has 1 aromatic carbocycles. The van der Waals surface area contributed by atoms with Crippen molar-refractivity contribution in [3.8, 4) is 5.75 Å². The average Bonchev–Trinajstić information content (AvgIpc) is 2.93. The van der Waals surface area contributed by atoms with Crippen molar-refractivity contribution in [2.45, 2.75) is 32.2 Å². The molecule has 20 heavy (non-hydrogen) atoms. The van der Waals surface area contributed by atoms with E-state index in [4.69, 9.17) is 4.74 Å². The predicted octanol–water partition coefficient (Wildman–Crippen LogP) is 1.85. The summed E-state index contributed by atoms with van der Waals surface area (Å²) < 4.78 is 5.47. The van der Waals surface area contributed by atoms with E-state index in [-0.39, 0.29) is 18.6 Å². The van der Waals surface area contributed by atoms with E-state index in [2.05, 4.69) is 6.92 Å². The molecule has 0 spiro atoms. The Morgan fingerprint density at radius 3 is 3.15 bits per heavy atom. The summed E-state index contributed by atoms with van der Waals surface area (Å²) in [5.41, 5.74) is 1.82. The summed E-state index contributed by atoms with van der Waals surface area (Å²) in [7, 11) is 0. The second kappa shape index (κ2) is 5.44. The number of ether oxygens (including phenoxy) is 1. The van der Waals surface area contributed by atoms with E-state index in [0.29, 0.717) is 18.1 Å². The minimum absolute atomic E-state index is 0.0327. The summed E-state index contributed by atoms with van der Waals surface area (Å²) in [4.78, 5) is 14.5. The van der Waals surface area contributed by atoms with Crippen LogP contribution in [0.15, 0.2) is 18.2 Å². The smallest absolute Gasteiger partial charge is 0.254 e. The van der Waals surface area contributed by atoms with Gasteiger partial charge >= 0.3 is 0 Å². The number of aliphatic hydroxyl groups is 1. The van der Waals surface area contributed by atoms with Crippen LogP contribution in [-0.4, -0.2) is 41.7 Å². The van der Waals surface area contributed by atoms with Crippen LogP contribution >= 0.6 is 0 Å². The summed E-state index contributed by atoms with van der Waals surface area (Å²) >= 11 is 0. The molecule has 2 atom stereocenters. The van der Waals surface area contributed by atoms with Crippen LogP contribution < -0.4 is 4.74 Å². The number of likely N-dealkylation sites (tertiary alicyclic amines) is 1. The maximum atomic E-state index is 12.7. The van der Waals surface area contributed by atoms with Crippen LogP contribution in [0.5, 0.6) is 5.75 Å². The molecule has 2 aliphatic heterocycles. The summed E-state index contributed by atoms with van der Waals surface area (Å²) in [6.45, 7) is 3.59. The van der Waals surface area contributed by atoms with Crippen molar-refractivity contribution in [3.05, 3.63) is 29.3 Å². The SMILES string of the molecule is CC1CCCN(C(=O)c2ccc3c(c2)CCO3)C1CO. The first kappa shape index (κ1) is 13.4. The Hall–Kier alpha value is -1.55. The van der Waals surface area contributed by atoms with Crippen molar-refractivity contribution in [2.24, 2.45) is 5.92 Å². The molecular formula is C16H21NO3. The van der Waals surface area contributed by atoms with Crippen LogP contribution in [0.4, 0.5) is 0 Å². The van der Waals surface area contributed by atoms with E-state index in [1.807, 2.05) is 23.1 Å².